The van der Waals surface area contributed by atoms with Crippen LogP contribution in [0.4, 0.5) is 0 Å². The lowest BCUT2D eigenvalue weighted by Crippen LogP contribution is -3.00. The number of halogens is 3. The van der Waals surface area contributed by atoms with Crippen molar-refractivity contribution in [1.82, 2.24) is 9.13 Å². The number of aromatic nitrogens is 4. The lowest BCUT2D eigenvalue weighted by molar-refractivity contribution is -0.688. The third-order valence-electron chi connectivity index (χ3n) is 3.84. The van der Waals surface area contributed by atoms with Gasteiger partial charge in [-0.1, -0.05) is 41.2 Å². The number of benzene rings is 1. The molecule has 0 atom stereocenters. The smallest absolute Gasteiger partial charge is 0.248 e. The van der Waals surface area contributed by atoms with Crippen LogP contribution in [0.2, 0.25) is 0 Å². The molecule has 0 saturated carbocycles. The molecule has 0 aliphatic carbocycles. The molecule has 26 heavy (non-hydrogen) atoms. The van der Waals surface area contributed by atoms with Crippen molar-refractivity contribution >= 4 is 28.3 Å². The van der Waals surface area contributed by atoms with Crippen molar-refractivity contribution in [2.45, 2.75) is 18.4 Å². The minimum Gasteiger partial charge on any atom is -1.00 e. The quantitative estimate of drug-likeness (QED) is 0.224. The van der Waals surface area contributed by atoms with E-state index in [1.54, 1.807) is 12.4 Å². The van der Waals surface area contributed by atoms with Crippen molar-refractivity contribution in [3.8, 4) is 0 Å². The third kappa shape index (κ3) is 5.79. The minimum atomic E-state index is 0. The van der Waals surface area contributed by atoms with Crippen LogP contribution in [0, 0.1) is 0 Å². The van der Waals surface area contributed by atoms with Crippen LogP contribution in [0.3, 0.4) is 0 Å². The van der Waals surface area contributed by atoms with Crippen molar-refractivity contribution < 1.29 is 43.1 Å². The van der Waals surface area contributed by atoms with Gasteiger partial charge < -0.3 is 34.0 Å². The third-order valence-corrected chi connectivity index (χ3v) is 4.49. The molecule has 3 rings (SSSR count). The molecule has 3 aromatic rings. The molecule has 0 aliphatic rings. The first-order valence-corrected chi connectivity index (χ1v) is 8.88. The average Bonchev–Trinajstić information content (AvgIpc) is 3.23. The lowest BCUT2D eigenvalue weighted by atomic mass is 10.1. The number of hydrogen-bond donors (Lipinski definition) is 0. The Morgan fingerprint density at radius 2 is 1.23 bits per heavy atom. The second-order valence-electron chi connectivity index (χ2n) is 5.72. The predicted molar refractivity (Wildman–Crippen MR) is 99.3 cm³/mol. The molecule has 0 spiro atoms. The summed E-state index contributed by atoms with van der Waals surface area (Å²) in [6.45, 7) is 9.24. The van der Waals surface area contributed by atoms with Crippen molar-refractivity contribution in [3.63, 3.8) is 0 Å². The van der Waals surface area contributed by atoms with Gasteiger partial charge in [0.25, 0.3) is 0 Å². The largest absolute Gasteiger partial charge is 1.00 e. The number of rotatable bonds is 7. The Labute approximate surface area is 183 Å². The standard InChI is InChI=1S/C19H21BrN4.2BrH/c1-3-21-5-7-23(15-21)13-18-9-17(12-20)10-19(11-18)14-24-8-6-22(4-2)16-24;;/h3-11,15-16H,1-2,12-14H2;2*1H/q+2;;/p-2. The summed E-state index contributed by atoms with van der Waals surface area (Å²) < 4.78 is 8.20. The maximum absolute atomic E-state index is 3.78. The van der Waals surface area contributed by atoms with Gasteiger partial charge in [-0.15, -0.1) is 0 Å². The Bertz CT molecular complexity index is 801. The Morgan fingerprint density at radius 1 is 0.808 bits per heavy atom. The molecule has 0 saturated heterocycles. The Balaban J connectivity index is 0.00000169. The van der Waals surface area contributed by atoms with Crippen LogP contribution < -0.4 is 43.1 Å². The SMILES string of the molecule is C=Cn1cc[n+](Cc2cc(CBr)cc(C[n+]3ccn(C=C)c3)c2)c1.[Br-].[Br-]. The fourth-order valence-corrected chi connectivity index (χ4v) is 3.07. The summed E-state index contributed by atoms with van der Waals surface area (Å²) in [4.78, 5) is 0. The van der Waals surface area contributed by atoms with E-state index in [4.69, 9.17) is 0 Å². The lowest BCUT2D eigenvalue weighted by Gasteiger charge is -2.06. The number of nitrogens with zero attached hydrogens (tertiary/aromatic N) is 4. The summed E-state index contributed by atoms with van der Waals surface area (Å²) in [6.07, 6.45) is 15.8. The Morgan fingerprint density at radius 3 is 1.58 bits per heavy atom. The highest BCUT2D eigenvalue weighted by molar-refractivity contribution is 9.08. The minimum absolute atomic E-state index is 0. The first-order valence-electron chi connectivity index (χ1n) is 7.76. The maximum Gasteiger partial charge on any atom is 0.248 e. The van der Waals surface area contributed by atoms with Crippen LogP contribution in [0.1, 0.15) is 16.7 Å². The van der Waals surface area contributed by atoms with E-state index in [1.165, 1.54) is 16.7 Å². The van der Waals surface area contributed by atoms with Gasteiger partial charge in [0.05, 0.1) is 12.4 Å². The van der Waals surface area contributed by atoms with Crippen molar-refractivity contribution in [2.24, 2.45) is 0 Å². The molecule has 0 radical (unpaired) electrons. The van der Waals surface area contributed by atoms with Crippen LogP contribution in [-0.2, 0) is 18.4 Å². The van der Waals surface area contributed by atoms with Gasteiger partial charge in [0.2, 0.25) is 12.7 Å². The Hall–Kier alpha value is -1.44. The van der Waals surface area contributed by atoms with Crippen LogP contribution >= 0.6 is 15.9 Å². The molecule has 0 unspecified atom stereocenters. The molecule has 0 amide bonds. The van der Waals surface area contributed by atoms with Crippen LogP contribution in [0.25, 0.3) is 12.4 Å². The molecule has 2 aromatic heterocycles. The molecule has 138 valence electrons. The van der Waals surface area contributed by atoms with E-state index >= 15 is 0 Å². The number of alkyl halides is 1. The van der Waals surface area contributed by atoms with Gasteiger partial charge in [0.1, 0.15) is 37.9 Å². The maximum atomic E-state index is 3.78. The van der Waals surface area contributed by atoms with Gasteiger partial charge in [-0.3, -0.25) is 0 Å². The molecular weight excluding hydrogens is 524 g/mol. The summed E-state index contributed by atoms with van der Waals surface area (Å²) in [7, 11) is 0. The second-order valence-corrected chi connectivity index (χ2v) is 6.28. The zero-order valence-corrected chi connectivity index (χ0v) is 19.1. The zero-order chi connectivity index (χ0) is 16.9. The summed E-state index contributed by atoms with van der Waals surface area (Å²) in [5.74, 6) is 0. The molecule has 0 bridgehead atoms. The van der Waals surface area contributed by atoms with E-state index in [-0.39, 0.29) is 34.0 Å². The molecule has 7 heteroatoms. The van der Waals surface area contributed by atoms with Gasteiger partial charge in [-0.2, -0.15) is 0 Å². The monoisotopic (exact) mass is 542 g/mol. The number of hydrogen-bond acceptors (Lipinski definition) is 0. The molecule has 0 aliphatic heterocycles. The highest BCUT2D eigenvalue weighted by Gasteiger charge is 2.08. The number of imidazole rings is 2. The fourth-order valence-electron chi connectivity index (χ4n) is 2.75. The first kappa shape index (κ1) is 22.6. The summed E-state index contributed by atoms with van der Waals surface area (Å²) in [6, 6.07) is 6.76. The van der Waals surface area contributed by atoms with Crippen LogP contribution in [0.5, 0.6) is 0 Å². The Kier molecular flexibility index (Phi) is 9.25. The first-order chi connectivity index (χ1) is 11.7. The molecule has 1 aromatic carbocycles. The van der Waals surface area contributed by atoms with E-state index in [2.05, 4.69) is 68.8 Å². The molecule has 4 nitrogen and oxygen atoms in total. The second kappa shape index (κ2) is 10.6. The van der Waals surface area contributed by atoms with Gasteiger partial charge in [-0.25, -0.2) is 18.3 Å². The summed E-state index contributed by atoms with van der Waals surface area (Å²) in [5.41, 5.74) is 3.87. The van der Waals surface area contributed by atoms with Gasteiger partial charge in [-0.05, 0) is 22.8 Å². The van der Waals surface area contributed by atoms with E-state index < -0.39 is 0 Å². The average molecular weight is 545 g/mol. The molecule has 2 heterocycles. The van der Waals surface area contributed by atoms with Crippen molar-refractivity contribution in [3.05, 3.63) is 85.5 Å². The van der Waals surface area contributed by atoms with Gasteiger partial charge in [0, 0.05) is 5.33 Å². The molecule has 0 N–H and O–H groups in total. The molecule has 0 fully saturated rings. The van der Waals surface area contributed by atoms with Gasteiger partial charge in [0.15, 0.2) is 0 Å². The van der Waals surface area contributed by atoms with E-state index in [1.807, 2.05) is 34.2 Å². The van der Waals surface area contributed by atoms with E-state index in [0.717, 1.165) is 18.4 Å². The van der Waals surface area contributed by atoms with E-state index in [0.29, 0.717) is 0 Å². The summed E-state index contributed by atoms with van der Waals surface area (Å²) >= 11 is 3.58. The van der Waals surface area contributed by atoms with Crippen LogP contribution in [-0.4, -0.2) is 9.13 Å². The summed E-state index contributed by atoms with van der Waals surface area (Å²) in [5, 5.41) is 0.852. The fraction of sp³-hybridized carbons (Fsp3) is 0.158. The van der Waals surface area contributed by atoms with Crippen molar-refractivity contribution in [1.29, 1.82) is 0 Å². The van der Waals surface area contributed by atoms with E-state index in [9.17, 15) is 0 Å². The normalized spacial score (nSPS) is 9.88. The predicted octanol–water partition coefficient (Wildman–Crippen LogP) is -2.93. The highest BCUT2D eigenvalue weighted by atomic mass is 79.9. The van der Waals surface area contributed by atoms with Crippen molar-refractivity contribution in [2.75, 3.05) is 0 Å². The molecular formula is C19H21Br3N4. The van der Waals surface area contributed by atoms with Crippen LogP contribution in [0.15, 0.2) is 68.8 Å². The zero-order valence-electron chi connectivity index (χ0n) is 14.3. The highest BCUT2D eigenvalue weighted by Crippen LogP contribution is 2.13. The topological polar surface area (TPSA) is 17.6 Å². The van der Waals surface area contributed by atoms with Gasteiger partial charge >= 0.3 is 0 Å².